The van der Waals surface area contributed by atoms with Gasteiger partial charge in [-0.15, -0.1) is 6.58 Å². The van der Waals surface area contributed by atoms with Crippen molar-refractivity contribution in [2.45, 2.75) is 94.2 Å². The monoisotopic (exact) mass is 364 g/mol. The summed E-state index contributed by atoms with van der Waals surface area (Å²) in [6, 6.07) is 3.65. The molecule has 2 saturated heterocycles. The summed E-state index contributed by atoms with van der Waals surface area (Å²) in [5.41, 5.74) is 0.412. The summed E-state index contributed by atoms with van der Waals surface area (Å²) in [5, 5.41) is 0. The Morgan fingerprint density at radius 2 is 1.88 bits per heavy atom. The van der Waals surface area contributed by atoms with E-state index >= 15 is 0 Å². The van der Waals surface area contributed by atoms with Crippen molar-refractivity contribution in [3.63, 3.8) is 0 Å². The highest BCUT2D eigenvalue weighted by Crippen LogP contribution is 2.47. The molecule has 0 aromatic heterocycles. The van der Waals surface area contributed by atoms with Crippen LogP contribution in [0.1, 0.15) is 40.0 Å². The normalized spacial score (nSPS) is 37.8. The molecule has 0 radical (unpaired) electrons. The van der Waals surface area contributed by atoms with E-state index in [9.17, 15) is 4.79 Å². The molecule has 0 bridgehead atoms. The van der Waals surface area contributed by atoms with Gasteiger partial charge in [-0.1, -0.05) is 57.1 Å². The first-order valence-electron chi connectivity index (χ1n) is 9.86. The molecule has 0 aromatic carbocycles. The molecular formula is C20H32O4Si. The first-order chi connectivity index (χ1) is 12.1. The third-order valence-corrected chi connectivity index (χ3v) is 13.1. The van der Waals surface area contributed by atoms with Crippen LogP contribution in [0.25, 0.3) is 0 Å². The quantitative estimate of drug-likeness (QED) is 0.402. The topological polar surface area (TPSA) is 44.8 Å². The third-order valence-electron chi connectivity index (χ3n) is 6.75. The molecule has 3 aliphatic heterocycles. The van der Waals surface area contributed by atoms with Crippen LogP contribution in [0.5, 0.6) is 0 Å². The molecular weight excluding hydrogens is 332 g/mol. The molecule has 0 saturated carbocycles. The third kappa shape index (κ3) is 3.51. The average molecular weight is 365 g/mol. The van der Waals surface area contributed by atoms with E-state index in [1.54, 1.807) is 0 Å². The van der Waals surface area contributed by atoms with Gasteiger partial charge in [0, 0.05) is 0 Å². The SMILES string of the molecule is C=CC[C@@H]1C=C[C@@H]2O[C@@H]3CC(=O)O[C@@H]3[C@H]([Si](CC)(CC)CC)C[C@H]2O1. The van der Waals surface area contributed by atoms with Gasteiger partial charge in [0.1, 0.15) is 18.3 Å². The van der Waals surface area contributed by atoms with Crippen molar-refractivity contribution in [1.82, 2.24) is 0 Å². The van der Waals surface area contributed by atoms with Crippen LogP contribution in [-0.2, 0) is 19.0 Å². The van der Waals surface area contributed by atoms with Gasteiger partial charge in [0.05, 0.1) is 26.7 Å². The molecule has 5 heteroatoms. The standard InChI is InChI=1S/C20H32O4Si/c1-5-9-14-10-11-15-16(22-14)12-18(25(6-2,7-3)8-4)20-17(23-15)13-19(21)24-20/h5,10-11,14-18,20H,1,6-9,12-13H2,2-4H3/t14-,15+,16-,17-,18-,20+/m1/s1. The molecule has 140 valence electrons. The lowest BCUT2D eigenvalue weighted by molar-refractivity contribution is -0.142. The molecule has 6 atom stereocenters. The van der Waals surface area contributed by atoms with Gasteiger partial charge in [-0.2, -0.15) is 0 Å². The highest BCUT2D eigenvalue weighted by Gasteiger charge is 2.53. The minimum Gasteiger partial charge on any atom is -0.460 e. The van der Waals surface area contributed by atoms with Gasteiger partial charge in [0.2, 0.25) is 0 Å². The molecule has 0 aliphatic carbocycles. The molecule has 0 aromatic rings. The van der Waals surface area contributed by atoms with Gasteiger partial charge >= 0.3 is 5.97 Å². The van der Waals surface area contributed by atoms with E-state index in [4.69, 9.17) is 14.2 Å². The van der Waals surface area contributed by atoms with Gasteiger partial charge < -0.3 is 14.2 Å². The maximum atomic E-state index is 12.0. The zero-order valence-electron chi connectivity index (χ0n) is 15.8. The molecule has 0 amide bonds. The van der Waals surface area contributed by atoms with E-state index in [1.807, 2.05) is 6.08 Å². The van der Waals surface area contributed by atoms with E-state index < -0.39 is 8.07 Å². The fraction of sp³-hybridized carbons (Fsp3) is 0.750. The summed E-state index contributed by atoms with van der Waals surface area (Å²) in [5.74, 6) is -0.102. The second-order valence-electron chi connectivity index (χ2n) is 7.69. The van der Waals surface area contributed by atoms with Crippen molar-refractivity contribution in [3.05, 3.63) is 24.8 Å². The van der Waals surface area contributed by atoms with Crippen LogP contribution in [0, 0.1) is 0 Å². The van der Waals surface area contributed by atoms with Crippen LogP contribution in [0.3, 0.4) is 0 Å². The molecule has 3 aliphatic rings. The molecule has 4 nitrogen and oxygen atoms in total. The number of ether oxygens (including phenoxy) is 3. The van der Waals surface area contributed by atoms with Crippen LogP contribution >= 0.6 is 0 Å². The number of fused-ring (bicyclic) bond motifs is 2. The Morgan fingerprint density at radius 1 is 1.16 bits per heavy atom. The lowest BCUT2D eigenvalue weighted by Gasteiger charge is -2.41. The van der Waals surface area contributed by atoms with Crippen molar-refractivity contribution in [2.24, 2.45) is 0 Å². The van der Waals surface area contributed by atoms with Crippen molar-refractivity contribution in [1.29, 1.82) is 0 Å². The highest BCUT2D eigenvalue weighted by molar-refractivity contribution is 6.81. The molecule has 25 heavy (non-hydrogen) atoms. The molecule has 0 spiro atoms. The Hall–Kier alpha value is -0.913. The Bertz CT molecular complexity index is 520. The number of esters is 1. The predicted octanol–water partition coefficient (Wildman–Crippen LogP) is 4.24. The van der Waals surface area contributed by atoms with E-state index in [2.05, 4.69) is 39.5 Å². The molecule has 3 rings (SSSR count). The van der Waals surface area contributed by atoms with Crippen molar-refractivity contribution >= 4 is 14.0 Å². The smallest absolute Gasteiger partial charge is 0.308 e. The van der Waals surface area contributed by atoms with Gasteiger partial charge in [-0.3, -0.25) is 4.79 Å². The molecule has 3 heterocycles. The van der Waals surface area contributed by atoms with Gasteiger partial charge in [0.15, 0.2) is 0 Å². The van der Waals surface area contributed by atoms with Crippen LogP contribution in [0.15, 0.2) is 24.8 Å². The first-order valence-corrected chi connectivity index (χ1v) is 12.6. The number of hydrogen-bond acceptors (Lipinski definition) is 4. The number of carbonyl (C=O) groups excluding carboxylic acids is 1. The summed E-state index contributed by atoms with van der Waals surface area (Å²) >= 11 is 0. The van der Waals surface area contributed by atoms with Crippen LogP contribution in [-0.4, -0.2) is 44.6 Å². The van der Waals surface area contributed by atoms with Crippen molar-refractivity contribution in [3.8, 4) is 0 Å². The lowest BCUT2D eigenvalue weighted by atomic mass is 10.0. The zero-order valence-corrected chi connectivity index (χ0v) is 16.8. The van der Waals surface area contributed by atoms with Gasteiger partial charge in [0.25, 0.3) is 0 Å². The maximum absolute atomic E-state index is 12.0. The van der Waals surface area contributed by atoms with Crippen molar-refractivity contribution in [2.75, 3.05) is 0 Å². The molecule has 0 N–H and O–H groups in total. The Morgan fingerprint density at radius 3 is 2.52 bits per heavy atom. The summed E-state index contributed by atoms with van der Waals surface area (Å²) in [4.78, 5) is 12.0. The summed E-state index contributed by atoms with van der Waals surface area (Å²) in [6.45, 7) is 10.8. The summed E-state index contributed by atoms with van der Waals surface area (Å²) in [6.07, 6.45) is 8.16. The largest absolute Gasteiger partial charge is 0.460 e. The molecule has 2 fully saturated rings. The van der Waals surface area contributed by atoms with Gasteiger partial charge in [-0.05, 0) is 18.4 Å². The second-order valence-corrected chi connectivity index (χ2v) is 13.3. The number of carbonyl (C=O) groups is 1. The van der Waals surface area contributed by atoms with E-state index in [1.165, 1.54) is 18.1 Å². The fourth-order valence-electron chi connectivity index (χ4n) is 5.07. The predicted molar refractivity (Wildman–Crippen MR) is 101 cm³/mol. The minimum absolute atomic E-state index is 0.0563. The van der Waals surface area contributed by atoms with E-state index in [0.29, 0.717) is 12.0 Å². The lowest BCUT2D eigenvalue weighted by Crippen LogP contribution is -2.46. The maximum Gasteiger partial charge on any atom is 0.308 e. The summed E-state index contributed by atoms with van der Waals surface area (Å²) in [7, 11) is -1.56. The zero-order chi connectivity index (χ0) is 18.0. The highest BCUT2D eigenvalue weighted by atomic mass is 28.3. The van der Waals surface area contributed by atoms with E-state index in [-0.39, 0.29) is 36.5 Å². The minimum atomic E-state index is -1.56. The second kappa shape index (κ2) is 7.76. The summed E-state index contributed by atoms with van der Waals surface area (Å²) < 4.78 is 18.5. The van der Waals surface area contributed by atoms with Crippen LogP contribution < -0.4 is 0 Å². The fourth-order valence-corrected chi connectivity index (χ4v) is 9.86. The number of hydrogen-bond donors (Lipinski definition) is 0. The number of rotatable bonds is 6. The Kier molecular flexibility index (Phi) is 5.86. The molecule has 0 unspecified atom stereocenters. The van der Waals surface area contributed by atoms with Crippen LogP contribution in [0.2, 0.25) is 23.7 Å². The van der Waals surface area contributed by atoms with E-state index in [0.717, 1.165) is 12.8 Å². The van der Waals surface area contributed by atoms with Gasteiger partial charge in [-0.25, -0.2) is 0 Å². The average Bonchev–Trinajstić information content (AvgIpc) is 2.91. The Labute approximate surface area is 152 Å². The van der Waals surface area contributed by atoms with Crippen molar-refractivity contribution < 1.29 is 19.0 Å². The Balaban J connectivity index is 1.92. The first kappa shape index (κ1) is 18.9. The van der Waals surface area contributed by atoms with Crippen LogP contribution in [0.4, 0.5) is 0 Å².